The molecule has 0 bridgehead atoms. The summed E-state index contributed by atoms with van der Waals surface area (Å²) in [4.78, 5) is 12.8. The molecular formula is C15H28N2O3. The van der Waals surface area contributed by atoms with Gasteiger partial charge in [0.2, 0.25) is 0 Å². The van der Waals surface area contributed by atoms with Gasteiger partial charge in [-0.05, 0) is 37.5 Å². The van der Waals surface area contributed by atoms with E-state index in [4.69, 9.17) is 11.5 Å². The Hall–Kier alpha value is -0.490. The van der Waals surface area contributed by atoms with Crippen LogP contribution in [0, 0.1) is 23.7 Å². The van der Waals surface area contributed by atoms with Crippen LogP contribution in [-0.4, -0.2) is 40.3 Å². The average Bonchev–Trinajstić information content (AvgIpc) is 2.42. The van der Waals surface area contributed by atoms with E-state index in [1.807, 2.05) is 13.8 Å². The van der Waals surface area contributed by atoms with E-state index < -0.39 is 12.2 Å². The maximum atomic E-state index is 12.8. The normalized spacial score (nSPS) is 49.9. The van der Waals surface area contributed by atoms with Crippen LogP contribution in [0.5, 0.6) is 0 Å². The van der Waals surface area contributed by atoms with Gasteiger partial charge in [0.25, 0.3) is 0 Å². The van der Waals surface area contributed by atoms with E-state index in [0.717, 1.165) is 0 Å². The lowest BCUT2D eigenvalue weighted by atomic mass is 9.66. The molecule has 2 rings (SSSR count). The Bertz CT molecular complexity index is 331. The largest absolute Gasteiger partial charge is 0.392 e. The minimum atomic E-state index is -0.498. The summed E-state index contributed by atoms with van der Waals surface area (Å²) >= 11 is 0. The minimum Gasteiger partial charge on any atom is -0.392 e. The van der Waals surface area contributed by atoms with E-state index in [1.165, 1.54) is 0 Å². The van der Waals surface area contributed by atoms with Crippen LogP contribution in [-0.2, 0) is 4.79 Å². The summed E-state index contributed by atoms with van der Waals surface area (Å²) in [6.07, 6.45) is 1.60. The third-order valence-electron chi connectivity index (χ3n) is 5.65. The van der Waals surface area contributed by atoms with Gasteiger partial charge in [0.15, 0.2) is 0 Å². The molecule has 2 saturated carbocycles. The molecule has 0 spiro atoms. The van der Waals surface area contributed by atoms with Crippen molar-refractivity contribution < 1.29 is 15.0 Å². The predicted molar refractivity (Wildman–Crippen MR) is 76.7 cm³/mol. The van der Waals surface area contributed by atoms with Crippen molar-refractivity contribution in [1.82, 2.24) is 0 Å². The quantitative estimate of drug-likeness (QED) is 0.571. The number of hydrogen-bond acceptors (Lipinski definition) is 5. The van der Waals surface area contributed by atoms with Gasteiger partial charge in [-0.3, -0.25) is 4.79 Å². The summed E-state index contributed by atoms with van der Waals surface area (Å²) in [7, 11) is 0. The molecule has 116 valence electrons. The van der Waals surface area contributed by atoms with Gasteiger partial charge in [0.05, 0.1) is 12.2 Å². The van der Waals surface area contributed by atoms with Gasteiger partial charge < -0.3 is 21.7 Å². The Labute approximate surface area is 120 Å². The first-order valence-corrected chi connectivity index (χ1v) is 7.75. The summed E-state index contributed by atoms with van der Waals surface area (Å²) in [5.41, 5.74) is 12.0. The summed E-state index contributed by atoms with van der Waals surface area (Å²) in [6, 6.07) is -0.647. The molecule has 0 saturated heterocycles. The summed E-state index contributed by atoms with van der Waals surface area (Å²) in [6.45, 7) is 3.91. The first kappa shape index (κ1) is 15.9. The van der Waals surface area contributed by atoms with Crippen molar-refractivity contribution in [2.75, 3.05) is 0 Å². The lowest BCUT2D eigenvalue weighted by Crippen LogP contribution is -2.53. The smallest absolute Gasteiger partial charge is 0.139 e. The lowest BCUT2D eigenvalue weighted by Gasteiger charge is -2.42. The molecule has 8 atom stereocenters. The molecule has 6 N–H and O–H groups in total. The fourth-order valence-electron chi connectivity index (χ4n) is 3.93. The molecule has 20 heavy (non-hydrogen) atoms. The molecule has 5 nitrogen and oxygen atoms in total. The first-order valence-electron chi connectivity index (χ1n) is 7.75. The highest BCUT2D eigenvalue weighted by Crippen LogP contribution is 2.37. The van der Waals surface area contributed by atoms with Crippen LogP contribution in [0.25, 0.3) is 0 Å². The number of nitrogens with two attached hydrogens (primary N) is 2. The third kappa shape index (κ3) is 2.77. The molecule has 8 unspecified atom stereocenters. The maximum Gasteiger partial charge on any atom is 0.139 e. The number of carbonyl (C=O) groups excluding carboxylic acids is 1. The van der Waals surface area contributed by atoms with Gasteiger partial charge >= 0.3 is 0 Å². The Kier molecular flexibility index (Phi) is 4.84. The maximum absolute atomic E-state index is 12.8. The molecule has 0 aromatic heterocycles. The van der Waals surface area contributed by atoms with Crippen molar-refractivity contribution in [3.8, 4) is 0 Å². The first-order chi connectivity index (χ1) is 9.34. The third-order valence-corrected chi connectivity index (χ3v) is 5.65. The van der Waals surface area contributed by atoms with E-state index in [9.17, 15) is 15.0 Å². The van der Waals surface area contributed by atoms with Crippen molar-refractivity contribution >= 4 is 5.78 Å². The Morgan fingerprint density at radius 1 is 0.850 bits per heavy atom. The molecular weight excluding hydrogens is 256 g/mol. The monoisotopic (exact) mass is 284 g/mol. The van der Waals surface area contributed by atoms with Crippen LogP contribution < -0.4 is 11.5 Å². The van der Waals surface area contributed by atoms with E-state index in [-0.39, 0.29) is 41.5 Å². The van der Waals surface area contributed by atoms with Crippen molar-refractivity contribution in [1.29, 1.82) is 0 Å². The second-order valence-electron chi connectivity index (χ2n) is 6.78. The highest BCUT2D eigenvalue weighted by molar-refractivity contribution is 5.84. The van der Waals surface area contributed by atoms with Crippen molar-refractivity contribution in [3.05, 3.63) is 0 Å². The second-order valence-corrected chi connectivity index (χ2v) is 6.78. The minimum absolute atomic E-state index is 0.00141. The van der Waals surface area contributed by atoms with E-state index >= 15 is 0 Å². The Morgan fingerprint density at radius 2 is 1.20 bits per heavy atom. The topological polar surface area (TPSA) is 110 Å². The van der Waals surface area contributed by atoms with Gasteiger partial charge in [-0.25, -0.2) is 0 Å². The molecule has 0 aromatic rings. The summed E-state index contributed by atoms with van der Waals surface area (Å²) in [5.74, 6) is 0.0735. The van der Waals surface area contributed by atoms with Crippen LogP contribution in [0.3, 0.4) is 0 Å². The van der Waals surface area contributed by atoms with Crippen LogP contribution in [0.2, 0.25) is 0 Å². The van der Waals surface area contributed by atoms with Crippen LogP contribution in [0.4, 0.5) is 0 Å². The molecule has 0 amide bonds. The number of hydrogen-bond donors (Lipinski definition) is 4. The highest BCUT2D eigenvalue weighted by Gasteiger charge is 2.44. The number of rotatable bonds is 2. The van der Waals surface area contributed by atoms with Crippen LogP contribution in [0.15, 0.2) is 0 Å². The number of Topliss-reactive ketones (excluding diaryl/α,β-unsaturated/α-hetero) is 1. The number of aliphatic hydroxyl groups is 2. The Balaban J connectivity index is 2.07. The predicted octanol–water partition coefficient (Wildman–Crippen LogP) is 0.0241. The number of ketones is 1. The van der Waals surface area contributed by atoms with Gasteiger partial charge in [0.1, 0.15) is 5.78 Å². The fraction of sp³-hybridized carbons (Fsp3) is 0.933. The molecule has 5 heteroatoms. The molecule has 0 aliphatic heterocycles. The van der Waals surface area contributed by atoms with E-state index in [1.54, 1.807) is 0 Å². The van der Waals surface area contributed by atoms with Gasteiger partial charge in [0, 0.05) is 23.9 Å². The van der Waals surface area contributed by atoms with Gasteiger partial charge in [-0.15, -0.1) is 0 Å². The van der Waals surface area contributed by atoms with Crippen LogP contribution >= 0.6 is 0 Å². The zero-order valence-corrected chi connectivity index (χ0v) is 12.4. The van der Waals surface area contributed by atoms with Gasteiger partial charge in [-0.1, -0.05) is 13.8 Å². The lowest BCUT2D eigenvalue weighted by molar-refractivity contribution is -0.135. The van der Waals surface area contributed by atoms with E-state index in [0.29, 0.717) is 25.7 Å². The summed E-state index contributed by atoms with van der Waals surface area (Å²) < 4.78 is 0. The summed E-state index contributed by atoms with van der Waals surface area (Å²) in [5, 5.41) is 19.6. The molecule has 2 aliphatic carbocycles. The SMILES string of the molecule is CC1C(C(=O)C2CCC(O)C(N)C2C)CCC(O)C1N. The molecule has 2 fully saturated rings. The van der Waals surface area contributed by atoms with E-state index in [2.05, 4.69) is 0 Å². The van der Waals surface area contributed by atoms with Crippen molar-refractivity contribution in [3.63, 3.8) is 0 Å². The zero-order chi connectivity index (χ0) is 15.0. The molecule has 0 aromatic carbocycles. The van der Waals surface area contributed by atoms with Crippen molar-refractivity contribution in [2.45, 2.75) is 63.8 Å². The number of carbonyl (C=O) groups is 1. The van der Waals surface area contributed by atoms with Crippen molar-refractivity contribution in [2.24, 2.45) is 35.1 Å². The number of aliphatic hydroxyl groups excluding tert-OH is 2. The molecule has 2 aliphatic rings. The fourth-order valence-corrected chi connectivity index (χ4v) is 3.93. The highest BCUT2D eigenvalue weighted by atomic mass is 16.3. The second kappa shape index (κ2) is 6.10. The zero-order valence-electron chi connectivity index (χ0n) is 12.4. The standard InChI is InChI=1S/C15H28N2O3/c1-7-9(3-5-11(18)13(7)16)15(20)10-4-6-12(19)14(17)8(10)2/h7-14,18-19H,3-6,16-17H2,1-2H3. The van der Waals surface area contributed by atoms with Gasteiger partial charge in [-0.2, -0.15) is 0 Å². The Morgan fingerprint density at radius 3 is 1.55 bits per heavy atom. The average molecular weight is 284 g/mol. The van der Waals surface area contributed by atoms with Crippen LogP contribution in [0.1, 0.15) is 39.5 Å². The molecule has 0 heterocycles. The molecule has 0 radical (unpaired) electrons.